The van der Waals surface area contributed by atoms with Gasteiger partial charge in [-0.3, -0.25) is 4.90 Å². The van der Waals surface area contributed by atoms with E-state index in [9.17, 15) is 8.42 Å². The van der Waals surface area contributed by atoms with Crippen LogP contribution >= 0.6 is 0 Å². The molecule has 0 amide bonds. The van der Waals surface area contributed by atoms with Crippen molar-refractivity contribution in [1.82, 2.24) is 9.21 Å². The van der Waals surface area contributed by atoms with Crippen LogP contribution < -0.4 is 4.74 Å². The van der Waals surface area contributed by atoms with Crippen LogP contribution in [0.2, 0.25) is 0 Å². The first-order valence-corrected chi connectivity index (χ1v) is 10.8. The highest BCUT2D eigenvalue weighted by molar-refractivity contribution is 7.89. The quantitative estimate of drug-likeness (QED) is 0.761. The fraction of sp³-hybridized carbons (Fsp3) is 0.429. The molecule has 0 N–H and O–H groups in total. The van der Waals surface area contributed by atoms with Crippen LogP contribution in [0.3, 0.4) is 0 Å². The van der Waals surface area contributed by atoms with Crippen LogP contribution in [0.4, 0.5) is 0 Å². The Kier molecular flexibility index (Phi) is 6.19. The van der Waals surface area contributed by atoms with E-state index in [4.69, 9.17) is 4.74 Å². The summed E-state index contributed by atoms with van der Waals surface area (Å²) in [6.45, 7) is 8.55. The van der Waals surface area contributed by atoms with Gasteiger partial charge in [-0.05, 0) is 50.6 Å². The fourth-order valence-corrected chi connectivity index (χ4v) is 4.86. The lowest BCUT2D eigenvalue weighted by Gasteiger charge is -2.39. The molecular weight excluding hydrogens is 360 g/mol. The first-order valence-electron chi connectivity index (χ1n) is 9.41. The predicted octanol–water partition coefficient (Wildman–Crippen LogP) is 3.37. The maximum absolute atomic E-state index is 13.0. The topological polar surface area (TPSA) is 49.9 Å². The third-order valence-electron chi connectivity index (χ3n) is 4.79. The molecule has 5 nitrogen and oxygen atoms in total. The Morgan fingerprint density at radius 1 is 1.04 bits per heavy atom. The van der Waals surface area contributed by atoms with E-state index in [2.05, 4.69) is 24.0 Å². The van der Waals surface area contributed by atoms with E-state index in [0.29, 0.717) is 23.7 Å². The Bertz CT molecular complexity index is 835. The standard InChI is InChI=1S/C21H28N2O3S/c1-17(2)26-20-9-11-21(12-10-20)27(24,25)23-14-13-22(18(3)15-23)16-19-7-5-4-6-8-19/h4-12,17-18H,13-16H2,1-3H3. The Morgan fingerprint density at radius 3 is 2.30 bits per heavy atom. The summed E-state index contributed by atoms with van der Waals surface area (Å²) in [4.78, 5) is 2.66. The molecule has 1 aliphatic heterocycles. The molecule has 0 aliphatic carbocycles. The molecule has 0 saturated carbocycles. The third kappa shape index (κ3) is 4.89. The van der Waals surface area contributed by atoms with Gasteiger partial charge in [-0.2, -0.15) is 4.31 Å². The zero-order valence-corrected chi connectivity index (χ0v) is 17.0. The van der Waals surface area contributed by atoms with E-state index in [1.165, 1.54) is 5.56 Å². The van der Waals surface area contributed by atoms with Crippen LogP contribution in [-0.2, 0) is 16.6 Å². The number of sulfonamides is 1. The summed E-state index contributed by atoms with van der Waals surface area (Å²) in [5.41, 5.74) is 1.25. The van der Waals surface area contributed by atoms with Crippen molar-refractivity contribution in [3.05, 3.63) is 60.2 Å². The molecule has 146 valence electrons. The molecule has 0 spiro atoms. The molecule has 0 radical (unpaired) electrons. The van der Waals surface area contributed by atoms with Gasteiger partial charge in [0.25, 0.3) is 0 Å². The summed E-state index contributed by atoms with van der Waals surface area (Å²) in [7, 11) is -3.49. The van der Waals surface area contributed by atoms with Crippen LogP contribution in [-0.4, -0.2) is 49.4 Å². The maximum Gasteiger partial charge on any atom is 0.243 e. The van der Waals surface area contributed by atoms with Gasteiger partial charge in [-0.25, -0.2) is 8.42 Å². The average molecular weight is 389 g/mol. The zero-order chi connectivity index (χ0) is 19.4. The number of hydrogen-bond donors (Lipinski definition) is 0. The molecule has 0 bridgehead atoms. The summed E-state index contributed by atoms with van der Waals surface area (Å²) in [6, 6.07) is 17.2. The highest BCUT2D eigenvalue weighted by Gasteiger charge is 2.32. The lowest BCUT2D eigenvalue weighted by atomic mass is 10.1. The number of hydrogen-bond acceptors (Lipinski definition) is 4. The van der Waals surface area contributed by atoms with Gasteiger partial charge in [0.2, 0.25) is 10.0 Å². The van der Waals surface area contributed by atoms with Crippen LogP contribution in [0.25, 0.3) is 0 Å². The van der Waals surface area contributed by atoms with Crippen molar-refractivity contribution in [1.29, 1.82) is 0 Å². The van der Waals surface area contributed by atoms with Crippen LogP contribution in [0.15, 0.2) is 59.5 Å². The molecule has 1 aliphatic rings. The number of rotatable bonds is 6. The summed E-state index contributed by atoms with van der Waals surface area (Å²) in [5.74, 6) is 0.685. The molecule has 1 heterocycles. The molecule has 1 atom stereocenters. The molecule has 1 saturated heterocycles. The minimum absolute atomic E-state index is 0.0611. The molecular formula is C21H28N2O3S. The third-order valence-corrected chi connectivity index (χ3v) is 6.67. The van der Waals surface area contributed by atoms with Gasteiger partial charge < -0.3 is 4.74 Å². The highest BCUT2D eigenvalue weighted by Crippen LogP contribution is 2.23. The van der Waals surface area contributed by atoms with Crippen LogP contribution in [0.5, 0.6) is 5.75 Å². The summed E-state index contributed by atoms with van der Waals surface area (Å²) in [6.07, 6.45) is 0.0611. The molecule has 2 aromatic carbocycles. The predicted molar refractivity (Wildman–Crippen MR) is 107 cm³/mol. The van der Waals surface area contributed by atoms with E-state index in [-0.39, 0.29) is 12.1 Å². The minimum Gasteiger partial charge on any atom is -0.491 e. The second kappa shape index (κ2) is 8.42. The molecule has 6 heteroatoms. The largest absolute Gasteiger partial charge is 0.491 e. The van der Waals surface area contributed by atoms with E-state index >= 15 is 0 Å². The van der Waals surface area contributed by atoms with E-state index in [0.717, 1.165) is 13.1 Å². The smallest absolute Gasteiger partial charge is 0.243 e. The minimum atomic E-state index is -3.49. The number of piperazine rings is 1. The first-order chi connectivity index (χ1) is 12.9. The normalized spacial score (nSPS) is 19.3. The summed E-state index contributed by atoms with van der Waals surface area (Å²) >= 11 is 0. The van der Waals surface area contributed by atoms with E-state index < -0.39 is 10.0 Å². The molecule has 1 unspecified atom stereocenters. The van der Waals surface area contributed by atoms with E-state index in [1.54, 1.807) is 28.6 Å². The van der Waals surface area contributed by atoms with Crippen molar-refractivity contribution in [2.75, 3.05) is 19.6 Å². The van der Waals surface area contributed by atoms with Gasteiger partial charge in [-0.1, -0.05) is 30.3 Å². The SMILES string of the molecule is CC(C)Oc1ccc(S(=O)(=O)N2CCN(Cc3ccccc3)C(C)C2)cc1. The van der Waals surface area contributed by atoms with Gasteiger partial charge in [-0.15, -0.1) is 0 Å². The van der Waals surface area contributed by atoms with Gasteiger partial charge in [0.05, 0.1) is 11.0 Å². The maximum atomic E-state index is 13.0. The van der Waals surface area contributed by atoms with Crippen molar-refractivity contribution in [2.24, 2.45) is 0 Å². The van der Waals surface area contributed by atoms with Crippen molar-refractivity contribution in [3.8, 4) is 5.75 Å². The van der Waals surface area contributed by atoms with Crippen molar-refractivity contribution in [2.45, 2.75) is 44.4 Å². The Balaban J connectivity index is 1.66. The summed E-state index contributed by atoms with van der Waals surface area (Å²) in [5, 5.41) is 0. The van der Waals surface area contributed by atoms with Gasteiger partial charge in [0, 0.05) is 32.2 Å². The number of benzene rings is 2. The highest BCUT2D eigenvalue weighted by atomic mass is 32.2. The summed E-state index contributed by atoms with van der Waals surface area (Å²) < 4.78 is 33.2. The fourth-order valence-electron chi connectivity index (χ4n) is 3.34. The Labute approximate surface area is 162 Å². The Hall–Kier alpha value is -1.89. The average Bonchev–Trinajstić information content (AvgIpc) is 2.64. The van der Waals surface area contributed by atoms with Crippen molar-refractivity contribution in [3.63, 3.8) is 0 Å². The lowest BCUT2D eigenvalue weighted by Crippen LogP contribution is -2.53. The lowest BCUT2D eigenvalue weighted by molar-refractivity contribution is 0.122. The van der Waals surface area contributed by atoms with Gasteiger partial charge in [0.1, 0.15) is 5.75 Å². The molecule has 3 rings (SSSR count). The van der Waals surface area contributed by atoms with Crippen LogP contribution in [0, 0.1) is 0 Å². The zero-order valence-electron chi connectivity index (χ0n) is 16.2. The van der Waals surface area contributed by atoms with Crippen molar-refractivity contribution >= 4 is 10.0 Å². The molecule has 2 aromatic rings. The molecule has 1 fully saturated rings. The second-order valence-corrected chi connectivity index (χ2v) is 9.24. The molecule has 0 aromatic heterocycles. The number of nitrogens with zero attached hydrogens (tertiary/aromatic N) is 2. The van der Waals surface area contributed by atoms with E-state index in [1.807, 2.05) is 32.0 Å². The van der Waals surface area contributed by atoms with Gasteiger partial charge >= 0.3 is 0 Å². The second-order valence-electron chi connectivity index (χ2n) is 7.31. The Morgan fingerprint density at radius 2 is 1.70 bits per heavy atom. The first kappa shape index (κ1) is 19.9. The van der Waals surface area contributed by atoms with Gasteiger partial charge in [0.15, 0.2) is 0 Å². The molecule has 27 heavy (non-hydrogen) atoms. The monoisotopic (exact) mass is 388 g/mol. The van der Waals surface area contributed by atoms with Crippen LogP contribution in [0.1, 0.15) is 26.3 Å². The van der Waals surface area contributed by atoms with Crippen molar-refractivity contribution < 1.29 is 13.2 Å². The number of ether oxygens (including phenoxy) is 1.